The smallest absolute Gasteiger partial charge is 0.334 e. The maximum atomic E-state index is 12.9. The van der Waals surface area contributed by atoms with E-state index in [-0.39, 0.29) is 38.0 Å². The fourth-order valence-electron chi connectivity index (χ4n) is 6.91. The minimum Gasteiger partial charge on any atom is -0.458 e. The van der Waals surface area contributed by atoms with E-state index in [2.05, 4.69) is 19.9 Å². The van der Waals surface area contributed by atoms with Crippen LogP contribution in [0.25, 0.3) is 0 Å². The van der Waals surface area contributed by atoms with Gasteiger partial charge in [0.15, 0.2) is 0 Å². The molecule has 5 rings (SSSR count). The van der Waals surface area contributed by atoms with Gasteiger partial charge in [-0.3, -0.25) is 0 Å². The van der Waals surface area contributed by atoms with E-state index >= 15 is 0 Å². The highest BCUT2D eigenvalue weighted by molar-refractivity contribution is 5.90. The molecule has 5 aliphatic rings. The summed E-state index contributed by atoms with van der Waals surface area (Å²) in [6, 6.07) is 0. The lowest BCUT2D eigenvalue weighted by molar-refractivity contribution is -0.228. The molecule has 2 aliphatic carbocycles. The van der Waals surface area contributed by atoms with E-state index in [1.54, 1.807) is 31.2 Å². The van der Waals surface area contributed by atoms with Crippen LogP contribution >= 0.6 is 0 Å². The molecule has 208 valence electrons. The molecule has 0 aromatic heterocycles. The van der Waals surface area contributed by atoms with Crippen molar-refractivity contribution in [2.75, 3.05) is 26.4 Å². The van der Waals surface area contributed by atoms with Gasteiger partial charge in [0.1, 0.15) is 24.4 Å². The summed E-state index contributed by atoms with van der Waals surface area (Å²) in [4.78, 5) is 24.4. The molecular weight excluding hydrogens is 492 g/mol. The van der Waals surface area contributed by atoms with Gasteiger partial charge in [-0.05, 0) is 32.8 Å². The van der Waals surface area contributed by atoms with Crippen LogP contribution in [0.3, 0.4) is 0 Å². The standard InChI is InChI=1S/C29H38O9/c1-18-8-11-28(16-30)23(14-18)37-24-15-22(27(28,3)29(24)17-36-29)38-25(32)7-5-4-6-21(19(2)31)34-12-9-20-10-13-35-26(20)33/h4-7,10,14,19,21-24,30-31H,8-9,11-13,15-17H2,1-3H3/b6-4-,7-5+/t19?,21?,22-,23-,24-,27-,28-,29+/m1/s1. The Morgan fingerprint density at radius 2 is 2.13 bits per heavy atom. The van der Waals surface area contributed by atoms with Crippen molar-refractivity contribution in [1.82, 2.24) is 0 Å². The van der Waals surface area contributed by atoms with Gasteiger partial charge in [0.2, 0.25) is 0 Å². The molecule has 3 fully saturated rings. The van der Waals surface area contributed by atoms with Gasteiger partial charge in [-0.1, -0.05) is 36.8 Å². The lowest BCUT2D eigenvalue weighted by Gasteiger charge is -2.58. The second-order valence-corrected chi connectivity index (χ2v) is 11.3. The number of carbonyl (C=O) groups is 2. The van der Waals surface area contributed by atoms with Crippen molar-refractivity contribution in [2.45, 2.75) is 82.6 Å². The molecule has 2 N–H and O–H groups in total. The highest BCUT2D eigenvalue weighted by Gasteiger charge is 2.82. The quantitative estimate of drug-likeness (QED) is 0.144. The molecule has 8 atom stereocenters. The summed E-state index contributed by atoms with van der Waals surface area (Å²) in [5, 5.41) is 20.7. The number of hydrogen-bond donors (Lipinski definition) is 2. The number of aliphatic hydroxyl groups is 2. The zero-order valence-electron chi connectivity index (χ0n) is 22.3. The van der Waals surface area contributed by atoms with Crippen molar-refractivity contribution in [3.63, 3.8) is 0 Å². The molecular formula is C29H38O9. The van der Waals surface area contributed by atoms with E-state index < -0.39 is 40.7 Å². The number of fused-ring (bicyclic) bond motifs is 2. The molecule has 2 saturated heterocycles. The van der Waals surface area contributed by atoms with Gasteiger partial charge in [-0.25, -0.2) is 9.59 Å². The monoisotopic (exact) mass is 530 g/mol. The third-order valence-corrected chi connectivity index (χ3v) is 9.37. The maximum absolute atomic E-state index is 12.9. The lowest BCUT2D eigenvalue weighted by Crippen LogP contribution is -2.66. The van der Waals surface area contributed by atoms with Crippen LogP contribution in [-0.2, 0) is 33.3 Å². The number of hydrogen-bond acceptors (Lipinski definition) is 9. The van der Waals surface area contributed by atoms with Crippen LogP contribution in [0, 0.1) is 10.8 Å². The second kappa shape index (κ2) is 10.4. The Bertz CT molecular complexity index is 1070. The Hall–Kier alpha value is -2.30. The number of aliphatic hydroxyl groups excluding tert-OH is 2. The largest absolute Gasteiger partial charge is 0.458 e. The minimum atomic E-state index is -0.778. The second-order valence-electron chi connectivity index (χ2n) is 11.3. The van der Waals surface area contributed by atoms with Gasteiger partial charge in [0.25, 0.3) is 0 Å². The fourth-order valence-corrected chi connectivity index (χ4v) is 6.91. The van der Waals surface area contributed by atoms with E-state index in [4.69, 9.17) is 23.7 Å². The molecule has 38 heavy (non-hydrogen) atoms. The van der Waals surface area contributed by atoms with Crippen LogP contribution < -0.4 is 0 Å². The molecule has 0 amide bonds. The van der Waals surface area contributed by atoms with Crippen LogP contribution in [0.4, 0.5) is 0 Å². The number of rotatable bonds is 10. The number of cyclic esters (lactones) is 1. The summed E-state index contributed by atoms with van der Waals surface area (Å²) in [6.07, 6.45) is 10.3. The average Bonchev–Trinajstić information content (AvgIpc) is 3.56. The first-order valence-corrected chi connectivity index (χ1v) is 13.5. The zero-order chi connectivity index (χ0) is 27.1. The number of epoxide rings is 1. The average molecular weight is 531 g/mol. The predicted octanol–water partition coefficient (Wildman–Crippen LogP) is 2.32. The molecule has 2 bridgehead atoms. The van der Waals surface area contributed by atoms with Crippen LogP contribution in [0.15, 0.2) is 47.6 Å². The van der Waals surface area contributed by atoms with Gasteiger partial charge in [0, 0.05) is 35.3 Å². The maximum Gasteiger partial charge on any atom is 0.334 e. The summed E-state index contributed by atoms with van der Waals surface area (Å²) < 4.78 is 29.1. The third kappa shape index (κ3) is 4.38. The third-order valence-electron chi connectivity index (χ3n) is 9.37. The molecule has 0 radical (unpaired) electrons. The minimum absolute atomic E-state index is 0.0679. The number of allylic oxidation sites excluding steroid dienone is 3. The molecule has 1 saturated carbocycles. The normalized spacial score (nSPS) is 39.2. The predicted molar refractivity (Wildman–Crippen MR) is 136 cm³/mol. The van der Waals surface area contributed by atoms with Crippen LogP contribution in [0.1, 0.15) is 46.5 Å². The molecule has 9 heteroatoms. The van der Waals surface area contributed by atoms with Crippen molar-refractivity contribution >= 4 is 11.9 Å². The van der Waals surface area contributed by atoms with Gasteiger partial charge >= 0.3 is 11.9 Å². The van der Waals surface area contributed by atoms with E-state index in [1.807, 2.05) is 0 Å². The van der Waals surface area contributed by atoms with Crippen LogP contribution in [-0.4, -0.2) is 84.7 Å². The van der Waals surface area contributed by atoms with E-state index in [9.17, 15) is 19.8 Å². The first-order valence-electron chi connectivity index (χ1n) is 13.5. The van der Waals surface area contributed by atoms with E-state index in [1.165, 1.54) is 11.6 Å². The molecule has 0 aromatic carbocycles. The number of esters is 2. The van der Waals surface area contributed by atoms with Gasteiger partial charge in [0.05, 0.1) is 38.1 Å². The summed E-state index contributed by atoms with van der Waals surface area (Å²) >= 11 is 0. The van der Waals surface area contributed by atoms with E-state index in [0.29, 0.717) is 25.0 Å². The summed E-state index contributed by atoms with van der Waals surface area (Å²) in [6.45, 7) is 6.79. The van der Waals surface area contributed by atoms with Crippen molar-refractivity contribution in [2.24, 2.45) is 10.8 Å². The van der Waals surface area contributed by atoms with Crippen molar-refractivity contribution in [1.29, 1.82) is 0 Å². The number of carbonyl (C=O) groups excluding carboxylic acids is 2. The van der Waals surface area contributed by atoms with Crippen LogP contribution in [0.5, 0.6) is 0 Å². The van der Waals surface area contributed by atoms with Crippen molar-refractivity contribution in [3.8, 4) is 0 Å². The Kier molecular flexibility index (Phi) is 7.43. The summed E-state index contributed by atoms with van der Waals surface area (Å²) in [5.41, 5.74) is 0.120. The van der Waals surface area contributed by atoms with E-state index in [0.717, 1.165) is 12.8 Å². The molecule has 3 aliphatic heterocycles. The Balaban J connectivity index is 1.21. The molecule has 2 unspecified atom stereocenters. The lowest BCUT2D eigenvalue weighted by atomic mass is 9.51. The first-order chi connectivity index (χ1) is 18.2. The molecule has 1 spiro atoms. The van der Waals surface area contributed by atoms with Crippen LogP contribution in [0.2, 0.25) is 0 Å². The van der Waals surface area contributed by atoms with Crippen molar-refractivity contribution < 1.29 is 43.5 Å². The Morgan fingerprint density at radius 3 is 2.79 bits per heavy atom. The van der Waals surface area contributed by atoms with Crippen molar-refractivity contribution in [3.05, 3.63) is 47.6 Å². The molecule has 9 nitrogen and oxygen atoms in total. The highest BCUT2D eigenvalue weighted by atomic mass is 16.6. The topological polar surface area (TPSA) is 124 Å². The molecule has 3 heterocycles. The first kappa shape index (κ1) is 27.3. The highest BCUT2D eigenvalue weighted by Crippen LogP contribution is 2.71. The molecule has 0 aromatic rings. The Morgan fingerprint density at radius 1 is 1.34 bits per heavy atom. The number of ether oxygens (including phenoxy) is 5. The van der Waals surface area contributed by atoms with Gasteiger partial charge < -0.3 is 33.9 Å². The van der Waals surface area contributed by atoms with Gasteiger partial charge in [-0.15, -0.1) is 0 Å². The Labute approximate surface area is 223 Å². The summed E-state index contributed by atoms with van der Waals surface area (Å²) in [5.74, 6) is -0.821. The fraction of sp³-hybridized carbons (Fsp3) is 0.655. The van der Waals surface area contributed by atoms with Gasteiger partial charge in [-0.2, -0.15) is 0 Å². The SMILES string of the molecule is CC1=C[C@H]2O[C@@H]3C[C@@H](OC(=O)/C=C/C=C\C(OCCC4=CCOC4=O)C(C)O)[C@](C)([C@@]2(CO)CC1)[C@]31CO1. The zero-order valence-corrected chi connectivity index (χ0v) is 22.3. The summed E-state index contributed by atoms with van der Waals surface area (Å²) in [7, 11) is 0.